The zero-order valence-electron chi connectivity index (χ0n) is 8.18. The number of rotatable bonds is 6. The third-order valence-electron chi connectivity index (χ3n) is 1.81. The number of hydrogen-bond acceptors (Lipinski definition) is 2. The minimum absolute atomic E-state index is 0.684. The smallest absolute Gasteiger partial charge is 0.0487 e. The number of methoxy groups -OCH3 is 1. The van der Waals surface area contributed by atoms with Gasteiger partial charge in [-0.1, -0.05) is 13.8 Å². The molecule has 0 aliphatic carbocycles. The minimum Gasteiger partial charge on any atom is -0.384 e. The van der Waals surface area contributed by atoms with Crippen LogP contribution in [0.1, 0.15) is 20.3 Å². The van der Waals surface area contributed by atoms with E-state index in [1.807, 2.05) is 7.05 Å². The molecule has 0 spiro atoms. The van der Waals surface area contributed by atoms with Crippen molar-refractivity contribution in [3.8, 4) is 0 Å². The maximum Gasteiger partial charge on any atom is 0.0487 e. The molecule has 2 atom stereocenters. The lowest BCUT2D eigenvalue weighted by Gasteiger charge is -2.15. The standard InChI is InChI=1S/C9H21NO/c1-8(6-10-3)5-9(2)7-11-4/h8-10H,5-7H2,1-4H3. The van der Waals surface area contributed by atoms with Gasteiger partial charge in [0.2, 0.25) is 0 Å². The Hall–Kier alpha value is -0.0800. The summed E-state index contributed by atoms with van der Waals surface area (Å²) in [5.74, 6) is 1.44. The van der Waals surface area contributed by atoms with E-state index in [1.165, 1.54) is 6.42 Å². The van der Waals surface area contributed by atoms with E-state index in [0.717, 1.165) is 19.1 Å². The third kappa shape index (κ3) is 6.32. The van der Waals surface area contributed by atoms with Gasteiger partial charge in [-0.3, -0.25) is 0 Å². The van der Waals surface area contributed by atoms with Crippen molar-refractivity contribution in [1.29, 1.82) is 0 Å². The molecule has 0 aromatic carbocycles. The molecular weight excluding hydrogens is 138 g/mol. The van der Waals surface area contributed by atoms with Crippen molar-refractivity contribution in [2.45, 2.75) is 20.3 Å². The van der Waals surface area contributed by atoms with Crippen LogP contribution in [0.3, 0.4) is 0 Å². The summed E-state index contributed by atoms with van der Waals surface area (Å²) in [6, 6.07) is 0. The summed E-state index contributed by atoms with van der Waals surface area (Å²) in [6.45, 7) is 6.49. The summed E-state index contributed by atoms with van der Waals surface area (Å²) in [6.07, 6.45) is 1.24. The third-order valence-corrected chi connectivity index (χ3v) is 1.81. The van der Waals surface area contributed by atoms with Crippen molar-refractivity contribution in [2.24, 2.45) is 11.8 Å². The van der Waals surface area contributed by atoms with Gasteiger partial charge >= 0.3 is 0 Å². The van der Waals surface area contributed by atoms with Crippen LogP contribution >= 0.6 is 0 Å². The Morgan fingerprint density at radius 3 is 2.36 bits per heavy atom. The van der Waals surface area contributed by atoms with Gasteiger partial charge < -0.3 is 10.1 Å². The Bertz CT molecular complexity index is 75.6. The average molecular weight is 159 g/mol. The largest absolute Gasteiger partial charge is 0.384 e. The van der Waals surface area contributed by atoms with Crippen LogP contribution in [-0.4, -0.2) is 27.3 Å². The molecule has 0 saturated heterocycles. The molecule has 2 heteroatoms. The zero-order chi connectivity index (χ0) is 8.69. The van der Waals surface area contributed by atoms with Crippen molar-refractivity contribution in [2.75, 3.05) is 27.3 Å². The van der Waals surface area contributed by atoms with Crippen molar-refractivity contribution >= 4 is 0 Å². The summed E-state index contributed by atoms with van der Waals surface area (Å²) < 4.78 is 5.06. The summed E-state index contributed by atoms with van der Waals surface area (Å²) in [5, 5.41) is 3.17. The molecule has 0 rings (SSSR count). The van der Waals surface area contributed by atoms with Crippen LogP contribution in [0.4, 0.5) is 0 Å². The van der Waals surface area contributed by atoms with Crippen LogP contribution in [0.5, 0.6) is 0 Å². The van der Waals surface area contributed by atoms with E-state index in [0.29, 0.717) is 5.92 Å². The van der Waals surface area contributed by atoms with E-state index in [-0.39, 0.29) is 0 Å². The van der Waals surface area contributed by atoms with Gasteiger partial charge in [0.05, 0.1) is 0 Å². The van der Waals surface area contributed by atoms with Gasteiger partial charge in [-0.15, -0.1) is 0 Å². The predicted molar refractivity (Wildman–Crippen MR) is 48.7 cm³/mol. The molecule has 0 aliphatic rings. The number of hydrogen-bond donors (Lipinski definition) is 1. The van der Waals surface area contributed by atoms with E-state index in [9.17, 15) is 0 Å². The van der Waals surface area contributed by atoms with Crippen LogP contribution < -0.4 is 5.32 Å². The molecule has 0 radical (unpaired) electrons. The number of nitrogens with one attached hydrogen (secondary N) is 1. The van der Waals surface area contributed by atoms with E-state index in [1.54, 1.807) is 7.11 Å². The summed E-state index contributed by atoms with van der Waals surface area (Å²) in [5.41, 5.74) is 0. The quantitative estimate of drug-likeness (QED) is 0.634. The first-order chi connectivity index (χ1) is 5.20. The van der Waals surface area contributed by atoms with Crippen LogP contribution in [-0.2, 0) is 4.74 Å². The normalized spacial score (nSPS) is 16.4. The zero-order valence-corrected chi connectivity index (χ0v) is 8.18. The maximum atomic E-state index is 5.06. The van der Waals surface area contributed by atoms with Crippen LogP contribution in [0.15, 0.2) is 0 Å². The second-order valence-electron chi connectivity index (χ2n) is 3.46. The van der Waals surface area contributed by atoms with Crippen LogP contribution in [0.25, 0.3) is 0 Å². The second-order valence-corrected chi connectivity index (χ2v) is 3.46. The molecule has 0 heterocycles. The SMILES string of the molecule is CNCC(C)CC(C)COC. The molecular formula is C9H21NO. The lowest BCUT2D eigenvalue weighted by molar-refractivity contribution is 0.147. The molecule has 0 fully saturated rings. The van der Waals surface area contributed by atoms with Gasteiger partial charge in [-0.25, -0.2) is 0 Å². The summed E-state index contributed by atoms with van der Waals surface area (Å²) >= 11 is 0. The van der Waals surface area contributed by atoms with Crippen molar-refractivity contribution in [3.63, 3.8) is 0 Å². The molecule has 1 N–H and O–H groups in total. The number of ether oxygens (including phenoxy) is 1. The van der Waals surface area contributed by atoms with Gasteiger partial charge in [0, 0.05) is 13.7 Å². The highest BCUT2D eigenvalue weighted by Crippen LogP contribution is 2.10. The lowest BCUT2D eigenvalue weighted by Crippen LogP contribution is -2.19. The van der Waals surface area contributed by atoms with Gasteiger partial charge in [0.1, 0.15) is 0 Å². The topological polar surface area (TPSA) is 21.3 Å². The van der Waals surface area contributed by atoms with Gasteiger partial charge in [-0.2, -0.15) is 0 Å². The fourth-order valence-electron chi connectivity index (χ4n) is 1.47. The first-order valence-electron chi connectivity index (χ1n) is 4.34. The van der Waals surface area contributed by atoms with Crippen molar-refractivity contribution in [1.82, 2.24) is 5.32 Å². The predicted octanol–water partition coefficient (Wildman–Crippen LogP) is 1.51. The molecule has 0 bridgehead atoms. The monoisotopic (exact) mass is 159 g/mol. The minimum atomic E-state index is 0.684. The second kappa shape index (κ2) is 6.62. The Kier molecular flexibility index (Phi) is 6.57. The fourth-order valence-corrected chi connectivity index (χ4v) is 1.47. The van der Waals surface area contributed by atoms with Gasteiger partial charge in [-0.05, 0) is 31.8 Å². The summed E-state index contributed by atoms with van der Waals surface area (Å²) in [7, 11) is 3.76. The molecule has 2 unspecified atom stereocenters. The Morgan fingerprint density at radius 2 is 1.91 bits per heavy atom. The molecule has 0 amide bonds. The lowest BCUT2D eigenvalue weighted by atomic mass is 9.98. The highest BCUT2D eigenvalue weighted by atomic mass is 16.5. The molecule has 0 aromatic heterocycles. The van der Waals surface area contributed by atoms with Crippen LogP contribution in [0, 0.1) is 11.8 Å². The Labute approximate surface area is 70.3 Å². The van der Waals surface area contributed by atoms with Crippen molar-refractivity contribution < 1.29 is 4.74 Å². The van der Waals surface area contributed by atoms with E-state index >= 15 is 0 Å². The van der Waals surface area contributed by atoms with Gasteiger partial charge in [0.15, 0.2) is 0 Å². The molecule has 0 saturated carbocycles. The van der Waals surface area contributed by atoms with Crippen LogP contribution in [0.2, 0.25) is 0 Å². The van der Waals surface area contributed by atoms with E-state index in [4.69, 9.17) is 4.74 Å². The van der Waals surface area contributed by atoms with Gasteiger partial charge in [0.25, 0.3) is 0 Å². The molecule has 2 nitrogen and oxygen atoms in total. The van der Waals surface area contributed by atoms with Crippen molar-refractivity contribution in [3.05, 3.63) is 0 Å². The average Bonchev–Trinajstić information content (AvgIpc) is 1.87. The van der Waals surface area contributed by atoms with E-state index in [2.05, 4.69) is 19.2 Å². The molecule has 0 aliphatic heterocycles. The first kappa shape index (κ1) is 10.9. The fraction of sp³-hybridized carbons (Fsp3) is 1.00. The molecule has 0 aromatic rings. The highest BCUT2D eigenvalue weighted by molar-refractivity contribution is 4.60. The Morgan fingerprint density at radius 1 is 1.27 bits per heavy atom. The molecule has 68 valence electrons. The highest BCUT2D eigenvalue weighted by Gasteiger charge is 2.06. The summed E-state index contributed by atoms with van der Waals surface area (Å²) in [4.78, 5) is 0. The molecule has 11 heavy (non-hydrogen) atoms. The Balaban J connectivity index is 3.32. The van der Waals surface area contributed by atoms with E-state index < -0.39 is 0 Å². The maximum absolute atomic E-state index is 5.06. The first-order valence-corrected chi connectivity index (χ1v) is 4.34.